The van der Waals surface area contributed by atoms with Crippen LogP contribution in [-0.2, 0) is 33.1 Å². The molecule has 1 aromatic rings. The Morgan fingerprint density at radius 3 is 1.59 bits per heavy atom. The van der Waals surface area contributed by atoms with Crippen LogP contribution in [0.15, 0.2) is 12.1 Å². The normalized spacial score (nSPS) is 16.0. The van der Waals surface area contributed by atoms with Crippen LogP contribution in [0.3, 0.4) is 0 Å². The van der Waals surface area contributed by atoms with Gasteiger partial charge in [-0.3, -0.25) is 0 Å². The third-order valence-corrected chi connectivity index (χ3v) is 5.78. The highest BCUT2D eigenvalue weighted by atomic mass is 32.2. The molecule has 0 aliphatic heterocycles. The Labute approximate surface area is 162 Å². The maximum atomic E-state index is 12.6. The van der Waals surface area contributed by atoms with Crippen molar-refractivity contribution in [2.45, 2.75) is 43.2 Å². The van der Waals surface area contributed by atoms with Crippen LogP contribution < -0.4 is 13.7 Å². The quantitative estimate of drug-likeness (QED) is 0.371. The Kier molecular flexibility index (Phi) is 6.36. The van der Waals surface area contributed by atoms with Gasteiger partial charge in [0.25, 0.3) is 0 Å². The predicted molar refractivity (Wildman–Crippen MR) is 87.1 cm³/mol. The van der Waals surface area contributed by atoms with Crippen molar-refractivity contribution in [1.29, 1.82) is 0 Å². The fourth-order valence-corrected chi connectivity index (χ4v) is 3.50. The van der Waals surface area contributed by atoms with Crippen molar-refractivity contribution in [3.63, 3.8) is 0 Å². The van der Waals surface area contributed by atoms with Crippen molar-refractivity contribution in [3.05, 3.63) is 23.3 Å². The highest BCUT2D eigenvalue weighted by Gasteiger charge is 2.51. The Morgan fingerprint density at radius 2 is 1.28 bits per heavy atom. The number of hydrogen-bond donors (Lipinski definition) is 1. The minimum atomic E-state index is -6.28. The zero-order valence-corrected chi connectivity index (χ0v) is 16.2. The van der Waals surface area contributed by atoms with E-state index in [1.54, 1.807) is 0 Å². The summed E-state index contributed by atoms with van der Waals surface area (Å²) in [6.45, 7) is 2.45. The van der Waals surface area contributed by atoms with E-state index in [4.69, 9.17) is 0 Å². The van der Waals surface area contributed by atoms with Crippen LogP contribution in [0.5, 0.6) is 11.5 Å². The summed E-state index contributed by atoms with van der Waals surface area (Å²) in [6, 6.07) is 1.23. The van der Waals surface area contributed by atoms with Crippen LogP contribution in [0.25, 0.3) is 0 Å². The smallest absolute Gasteiger partial charge is 0.372 e. The first kappa shape index (κ1) is 23.5. The first-order valence-corrected chi connectivity index (χ1v) is 10.8. The summed E-state index contributed by atoms with van der Waals surface area (Å²) in [5.74, 6) is -2.63. The molecule has 29 heavy (non-hydrogen) atoms. The molecule has 0 aromatic heterocycles. The van der Waals surface area contributed by atoms with E-state index in [-0.39, 0.29) is 30.0 Å². The molecule has 1 N–H and O–H groups in total. The molecule has 0 spiro atoms. The SMILES string of the molecule is CCCNC1Cc2cc(OS(=O)(=O)C(F)(F)F)c(OS(=O)(=O)C(F)(F)F)cc2C1. The van der Waals surface area contributed by atoms with Crippen molar-refractivity contribution < 1.29 is 51.5 Å². The van der Waals surface area contributed by atoms with Crippen LogP contribution in [0.1, 0.15) is 24.5 Å². The van der Waals surface area contributed by atoms with E-state index in [9.17, 15) is 43.2 Å². The summed E-state index contributed by atoms with van der Waals surface area (Å²) in [4.78, 5) is 0. The number of rotatable bonds is 7. The van der Waals surface area contributed by atoms with Crippen molar-refractivity contribution in [3.8, 4) is 11.5 Å². The fraction of sp³-hybridized carbons (Fsp3) is 0.571. The van der Waals surface area contributed by atoms with Gasteiger partial charge >= 0.3 is 31.3 Å². The monoisotopic (exact) mass is 471 g/mol. The molecule has 166 valence electrons. The van der Waals surface area contributed by atoms with E-state index < -0.39 is 42.8 Å². The number of fused-ring (bicyclic) bond motifs is 1. The number of nitrogens with one attached hydrogen (secondary N) is 1. The van der Waals surface area contributed by atoms with Gasteiger partial charge in [-0.15, -0.1) is 0 Å². The van der Waals surface area contributed by atoms with Gasteiger partial charge in [0.05, 0.1) is 0 Å². The lowest BCUT2D eigenvalue weighted by molar-refractivity contribution is -0.0513. The molecule has 0 heterocycles. The zero-order chi connectivity index (χ0) is 22.3. The van der Waals surface area contributed by atoms with E-state index in [2.05, 4.69) is 13.7 Å². The third kappa shape index (κ3) is 5.25. The average molecular weight is 471 g/mol. The molecule has 0 unspecified atom stereocenters. The minimum absolute atomic E-state index is 0.212. The van der Waals surface area contributed by atoms with Crippen LogP contribution in [0, 0.1) is 0 Å². The summed E-state index contributed by atoms with van der Waals surface area (Å²) < 4.78 is 128. The maximum absolute atomic E-state index is 12.6. The molecular weight excluding hydrogens is 456 g/mol. The molecule has 1 aliphatic carbocycles. The van der Waals surface area contributed by atoms with Gasteiger partial charge in [-0.2, -0.15) is 43.2 Å². The Morgan fingerprint density at radius 1 is 0.897 bits per heavy atom. The molecule has 0 atom stereocenters. The van der Waals surface area contributed by atoms with E-state index in [1.165, 1.54) is 0 Å². The standard InChI is InChI=1S/C14H15F6NO6S2/c1-2-3-21-10-4-8-6-11(26-28(22,23)13(15,16)17)12(7-9(8)5-10)27-29(24,25)14(18,19)20/h6-7,10,21H,2-5H2,1H3. The molecular formula is C14H15F6NO6S2. The molecule has 0 bridgehead atoms. The predicted octanol–water partition coefficient (Wildman–Crippen LogP) is 2.61. The minimum Gasteiger partial charge on any atom is -0.372 e. The molecule has 2 rings (SSSR count). The lowest BCUT2D eigenvalue weighted by atomic mass is 10.1. The fourth-order valence-electron chi connectivity index (χ4n) is 2.58. The molecule has 1 aromatic carbocycles. The lowest BCUT2D eigenvalue weighted by Crippen LogP contribution is -2.30. The van der Waals surface area contributed by atoms with Gasteiger partial charge in [0, 0.05) is 6.04 Å². The van der Waals surface area contributed by atoms with E-state index in [1.807, 2.05) is 6.92 Å². The molecule has 0 saturated carbocycles. The molecule has 0 amide bonds. The Bertz CT molecular complexity index is 897. The topological polar surface area (TPSA) is 98.8 Å². The first-order chi connectivity index (χ1) is 13.1. The molecule has 0 fully saturated rings. The molecule has 1 aliphatic rings. The summed E-state index contributed by atoms with van der Waals surface area (Å²) >= 11 is 0. The number of alkyl halides is 6. The Hall–Kier alpha value is -1.74. The van der Waals surface area contributed by atoms with Crippen LogP contribution in [0.2, 0.25) is 0 Å². The lowest BCUT2D eigenvalue weighted by Gasteiger charge is -2.16. The van der Waals surface area contributed by atoms with Crippen molar-refractivity contribution >= 4 is 20.2 Å². The van der Waals surface area contributed by atoms with Crippen molar-refractivity contribution in [1.82, 2.24) is 5.32 Å². The summed E-state index contributed by atoms with van der Waals surface area (Å²) in [5, 5.41) is 3.08. The van der Waals surface area contributed by atoms with E-state index in [0.29, 0.717) is 6.54 Å². The maximum Gasteiger partial charge on any atom is 0.534 e. The van der Waals surface area contributed by atoms with Gasteiger partial charge in [0.15, 0.2) is 11.5 Å². The largest absolute Gasteiger partial charge is 0.534 e. The van der Waals surface area contributed by atoms with E-state index >= 15 is 0 Å². The second-order valence-corrected chi connectivity index (χ2v) is 9.17. The number of hydrogen-bond acceptors (Lipinski definition) is 7. The molecule has 15 heteroatoms. The number of benzene rings is 1. The second kappa shape index (κ2) is 7.83. The van der Waals surface area contributed by atoms with Gasteiger partial charge in [0.2, 0.25) is 0 Å². The van der Waals surface area contributed by atoms with Crippen LogP contribution in [0.4, 0.5) is 26.3 Å². The highest BCUT2D eigenvalue weighted by Crippen LogP contribution is 2.40. The average Bonchev–Trinajstić information content (AvgIpc) is 2.92. The van der Waals surface area contributed by atoms with Gasteiger partial charge in [-0.05, 0) is 49.1 Å². The third-order valence-electron chi connectivity index (χ3n) is 3.85. The van der Waals surface area contributed by atoms with Crippen molar-refractivity contribution in [2.24, 2.45) is 0 Å². The summed E-state index contributed by atoms with van der Waals surface area (Å²) in [7, 11) is -12.6. The van der Waals surface area contributed by atoms with Gasteiger partial charge in [0.1, 0.15) is 0 Å². The molecule has 0 radical (unpaired) electrons. The van der Waals surface area contributed by atoms with E-state index in [0.717, 1.165) is 18.6 Å². The first-order valence-electron chi connectivity index (χ1n) is 7.98. The summed E-state index contributed by atoms with van der Waals surface area (Å²) in [6.07, 6.45) is 1.18. The summed E-state index contributed by atoms with van der Waals surface area (Å²) in [5.41, 5.74) is -11.2. The van der Waals surface area contributed by atoms with Crippen LogP contribution in [-0.4, -0.2) is 40.4 Å². The molecule has 0 saturated heterocycles. The highest BCUT2D eigenvalue weighted by molar-refractivity contribution is 7.88. The van der Waals surface area contributed by atoms with Gasteiger partial charge in [-0.25, -0.2) is 0 Å². The number of halogens is 6. The van der Waals surface area contributed by atoms with Gasteiger partial charge < -0.3 is 13.7 Å². The Balaban J connectivity index is 2.48. The van der Waals surface area contributed by atoms with Crippen molar-refractivity contribution in [2.75, 3.05) is 6.54 Å². The van der Waals surface area contributed by atoms with Crippen LogP contribution >= 0.6 is 0 Å². The van der Waals surface area contributed by atoms with Gasteiger partial charge in [-0.1, -0.05) is 6.92 Å². The zero-order valence-electron chi connectivity index (χ0n) is 14.6. The molecule has 7 nitrogen and oxygen atoms in total. The second-order valence-electron chi connectivity index (χ2n) is 6.09.